The Balaban J connectivity index is 1.69. The maximum Gasteiger partial charge on any atom is 0.225 e. The normalized spacial score (nSPS) is 16.2. The summed E-state index contributed by atoms with van der Waals surface area (Å²) in [4.78, 5) is 24.3. The van der Waals surface area contributed by atoms with Gasteiger partial charge >= 0.3 is 0 Å². The monoisotopic (exact) mass is 323 g/mol. The lowest BCUT2D eigenvalue weighted by Gasteiger charge is -2.25. The van der Waals surface area contributed by atoms with Crippen LogP contribution in [0.15, 0.2) is 48.5 Å². The van der Waals surface area contributed by atoms with Crippen molar-refractivity contribution in [2.75, 3.05) is 17.7 Å². The van der Waals surface area contributed by atoms with E-state index in [0.717, 1.165) is 29.0 Å². The molecule has 0 bridgehead atoms. The summed E-state index contributed by atoms with van der Waals surface area (Å²) in [5, 5.41) is 8.88. The molecule has 0 spiro atoms. The van der Waals surface area contributed by atoms with E-state index in [-0.39, 0.29) is 17.7 Å². The van der Waals surface area contributed by atoms with Crippen LogP contribution in [-0.4, -0.2) is 18.9 Å². The van der Waals surface area contributed by atoms with E-state index in [1.165, 1.54) is 0 Å². The lowest BCUT2D eigenvalue weighted by atomic mass is 9.88. The molecule has 2 aromatic carbocycles. The molecule has 0 aliphatic carbocycles. The van der Waals surface area contributed by atoms with Crippen LogP contribution in [0.25, 0.3) is 0 Å². The Kier molecular flexibility index (Phi) is 4.91. The van der Waals surface area contributed by atoms with Crippen LogP contribution in [0.4, 0.5) is 11.4 Å². The minimum atomic E-state index is -0.0876. The highest BCUT2D eigenvalue weighted by molar-refractivity contribution is 5.97. The van der Waals surface area contributed by atoms with Crippen molar-refractivity contribution < 1.29 is 9.59 Å². The van der Waals surface area contributed by atoms with Gasteiger partial charge < -0.3 is 16.0 Å². The molecule has 2 aromatic rings. The molecular weight excluding hydrogens is 302 g/mol. The number of amides is 2. The first-order valence-corrected chi connectivity index (χ1v) is 8.08. The van der Waals surface area contributed by atoms with Crippen LogP contribution < -0.4 is 16.0 Å². The van der Waals surface area contributed by atoms with Gasteiger partial charge in [0.15, 0.2) is 0 Å². The van der Waals surface area contributed by atoms with Gasteiger partial charge in [-0.25, -0.2) is 0 Å². The van der Waals surface area contributed by atoms with Crippen LogP contribution in [0.3, 0.4) is 0 Å². The average Bonchev–Trinajstić information content (AvgIpc) is 2.55. The fraction of sp³-hybridized carbons (Fsp3) is 0.263. The van der Waals surface area contributed by atoms with Crippen molar-refractivity contribution in [3.63, 3.8) is 0 Å². The van der Waals surface area contributed by atoms with Crippen LogP contribution in [0.2, 0.25) is 0 Å². The Hall–Kier alpha value is -2.66. The molecule has 1 heterocycles. The van der Waals surface area contributed by atoms with E-state index in [1.807, 2.05) is 55.6 Å². The number of carbonyl (C=O) groups excluding carboxylic acids is 2. The number of nitrogens with one attached hydrogen (secondary N) is 3. The summed E-state index contributed by atoms with van der Waals surface area (Å²) < 4.78 is 0. The quantitative estimate of drug-likeness (QED) is 0.792. The zero-order valence-corrected chi connectivity index (χ0v) is 13.6. The molecule has 0 fully saturated rings. The lowest BCUT2D eigenvalue weighted by molar-refractivity contribution is -0.118. The maximum absolute atomic E-state index is 12.4. The number of benzene rings is 2. The van der Waals surface area contributed by atoms with Crippen LogP contribution in [0.1, 0.15) is 29.9 Å². The van der Waals surface area contributed by atoms with Crippen LogP contribution in [0, 0.1) is 0 Å². The highest BCUT2D eigenvalue weighted by Crippen LogP contribution is 2.34. The molecule has 3 rings (SSSR count). The fourth-order valence-electron chi connectivity index (χ4n) is 3.08. The summed E-state index contributed by atoms with van der Waals surface area (Å²) in [6.45, 7) is 0.750. The molecule has 5 nitrogen and oxygen atoms in total. The molecule has 1 aliphatic heterocycles. The van der Waals surface area contributed by atoms with Crippen molar-refractivity contribution in [3.05, 3.63) is 59.7 Å². The van der Waals surface area contributed by atoms with Gasteiger partial charge in [0.2, 0.25) is 11.8 Å². The molecule has 1 unspecified atom stereocenters. The Morgan fingerprint density at radius 1 is 1.21 bits per heavy atom. The van der Waals surface area contributed by atoms with Gasteiger partial charge in [-0.15, -0.1) is 0 Å². The second-order valence-electron chi connectivity index (χ2n) is 6.02. The molecule has 24 heavy (non-hydrogen) atoms. The van der Waals surface area contributed by atoms with Gasteiger partial charge in [-0.1, -0.05) is 30.3 Å². The maximum atomic E-state index is 12.4. The van der Waals surface area contributed by atoms with E-state index in [1.54, 1.807) is 0 Å². The number of rotatable bonds is 5. The third-order valence-electron chi connectivity index (χ3n) is 4.13. The molecule has 0 saturated carbocycles. The zero-order chi connectivity index (χ0) is 16.9. The molecule has 0 saturated heterocycles. The third kappa shape index (κ3) is 3.81. The fourth-order valence-corrected chi connectivity index (χ4v) is 3.08. The Labute approximate surface area is 141 Å². The van der Waals surface area contributed by atoms with Crippen molar-refractivity contribution in [3.8, 4) is 0 Å². The van der Waals surface area contributed by atoms with Crippen molar-refractivity contribution in [1.82, 2.24) is 5.32 Å². The van der Waals surface area contributed by atoms with Crippen molar-refractivity contribution in [2.45, 2.75) is 25.3 Å². The topological polar surface area (TPSA) is 70.2 Å². The van der Waals surface area contributed by atoms with E-state index in [9.17, 15) is 9.59 Å². The summed E-state index contributed by atoms with van der Waals surface area (Å²) >= 11 is 0. The van der Waals surface area contributed by atoms with E-state index in [0.29, 0.717) is 12.8 Å². The smallest absolute Gasteiger partial charge is 0.225 e. The first-order chi connectivity index (χ1) is 11.7. The van der Waals surface area contributed by atoms with Gasteiger partial charge in [0, 0.05) is 36.7 Å². The van der Waals surface area contributed by atoms with Gasteiger partial charge in [0.05, 0.1) is 0 Å². The van der Waals surface area contributed by atoms with Gasteiger partial charge in [0.1, 0.15) is 0 Å². The van der Waals surface area contributed by atoms with Crippen molar-refractivity contribution >= 4 is 23.2 Å². The summed E-state index contributed by atoms with van der Waals surface area (Å²) in [5.74, 6) is -0.205. The third-order valence-corrected chi connectivity index (χ3v) is 4.13. The van der Waals surface area contributed by atoms with Crippen molar-refractivity contribution in [1.29, 1.82) is 0 Å². The summed E-state index contributed by atoms with van der Waals surface area (Å²) in [6.07, 6.45) is 0.630. The Bertz CT molecular complexity index is 758. The zero-order valence-electron chi connectivity index (χ0n) is 13.6. The number of hydrogen-bond donors (Lipinski definition) is 3. The molecule has 0 radical (unpaired) electrons. The molecule has 5 heteroatoms. The minimum absolute atomic E-state index is 0.0393. The van der Waals surface area contributed by atoms with E-state index in [2.05, 4.69) is 16.0 Å². The van der Waals surface area contributed by atoms with Crippen molar-refractivity contribution in [2.24, 2.45) is 0 Å². The predicted octanol–water partition coefficient (Wildman–Crippen LogP) is 2.86. The molecule has 2 amide bonds. The highest BCUT2D eigenvalue weighted by atomic mass is 16.2. The summed E-state index contributed by atoms with van der Waals surface area (Å²) in [7, 11) is 1.89. The molecule has 3 N–H and O–H groups in total. The first-order valence-electron chi connectivity index (χ1n) is 8.08. The highest BCUT2D eigenvalue weighted by Gasteiger charge is 2.26. The van der Waals surface area contributed by atoms with Gasteiger partial charge in [0.25, 0.3) is 0 Å². The predicted molar refractivity (Wildman–Crippen MR) is 94.9 cm³/mol. The molecule has 0 aromatic heterocycles. The standard InChI is InChI=1S/C19H21N3O2/c1-20-12-13-5-4-6-15(9-13)21-18(23)10-14-11-19(24)22-17-8-3-2-7-16(14)17/h2-9,14,20H,10-12H2,1H3,(H,21,23)(H,22,24). The number of anilines is 2. The lowest BCUT2D eigenvalue weighted by Crippen LogP contribution is -2.26. The molecule has 1 aliphatic rings. The van der Waals surface area contributed by atoms with E-state index < -0.39 is 0 Å². The van der Waals surface area contributed by atoms with Gasteiger partial charge in [-0.3, -0.25) is 9.59 Å². The number of hydrogen-bond acceptors (Lipinski definition) is 3. The van der Waals surface area contributed by atoms with Crippen LogP contribution in [-0.2, 0) is 16.1 Å². The van der Waals surface area contributed by atoms with Crippen LogP contribution >= 0.6 is 0 Å². The number of fused-ring (bicyclic) bond motifs is 1. The van der Waals surface area contributed by atoms with Gasteiger partial charge in [-0.2, -0.15) is 0 Å². The van der Waals surface area contributed by atoms with E-state index in [4.69, 9.17) is 0 Å². The Morgan fingerprint density at radius 2 is 2.04 bits per heavy atom. The second kappa shape index (κ2) is 7.27. The second-order valence-corrected chi connectivity index (χ2v) is 6.02. The first kappa shape index (κ1) is 16.2. The number of para-hydroxylation sites is 1. The molecule has 1 atom stereocenters. The Morgan fingerprint density at radius 3 is 2.88 bits per heavy atom. The van der Waals surface area contributed by atoms with Gasteiger partial charge in [-0.05, 0) is 36.4 Å². The van der Waals surface area contributed by atoms with Crippen LogP contribution in [0.5, 0.6) is 0 Å². The summed E-state index contributed by atoms with van der Waals surface area (Å²) in [5.41, 5.74) is 3.72. The number of carbonyl (C=O) groups is 2. The average molecular weight is 323 g/mol. The van der Waals surface area contributed by atoms with E-state index >= 15 is 0 Å². The minimum Gasteiger partial charge on any atom is -0.326 e. The summed E-state index contributed by atoms with van der Waals surface area (Å²) in [6, 6.07) is 15.4. The molecular formula is C19H21N3O2. The molecule has 124 valence electrons. The largest absolute Gasteiger partial charge is 0.326 e. The SMILES string of the molecule is CNCc1cccc(NC(=O)CC2CC(=O)Nc3ccccc32)c1.